The molecule has 0 spiro atoms. The van der Waals surface area contributed by atoms with Crippen LogP contribution in [-0.2, 0) is 16.1 Å². The van der Waals surface area contributed by atoms with E-state index in [0.717, 1.165) is 16.0 Å². The van der Waals surface area contributed by atoms with Crippen molar-refractivity contribution >= 4 is 23.5 Å². The van der Waals surface area contributed by atoms with Crippen molar-refractivity contribution in [3.8, 4) is 11.5 Å². The molecule has 0 aliphatic carbocycles. The fourth-order valence-corrected chi connectivity index (χ4v) is 3.59. The zero-order valence-electron chi connectivity index (χ0n) is 17.0. The van der Waals surface area contributed by atoms with Gasteiger partial charge >= 0.3 is 6.03 Å². The van der Waals surface area contributed by atoms with Gasteiger partial charge in [-0.05, 0) is 50.6 Å². The molecule has 156 valence electrons. The van der Waals surface area contributed by atoms with Crippen LogP contribution in [0.15, 0.2) is 42.5 Å². The molecule has 8 heteroatoms. The van der Waals surface area contributed by atoms with Crippen molar-refractivity contribution in [3.05, 3.63) is 53.6 Å². The number of aryl methyl sites for hydroxylation is 1. The van der Waals surface area contributed by atoms with Gasteiger partial charge in [0.1, 0.15) is 12.1 Å². The van der Waals surface area contributed by atoms with E-state index in [2.05, 4.69) is 5.32 Å². The standard InChI is InChI=1S/C22H23N3O5/c1-13-4-7-17(8-5-13)24-15(3)21(27)25(22(24)28)14(2)20(26)23-11-16-6-9-18-19(10-16)30-12-29-18/h4-10,14-15H,11-12H2,1-3H3,(H,23,26)/t14-,15-/m0/s1. The van der Waals surface area contributed by atoms with Gasteiger partial charge in [-0.15, -0.1) is 0 Å². The number of urea groups is 1. The van der Waals surface area contributed by atoms with Crippen LogP contribution in [0.4, 0.5) is 10.5 Å². The lowest BCUT2D eigenvalue weighted by Crippen LogP contribution is -2.48. The van der Waals surface area contributed by atoms with Crippen molar-refractivity contribution in [1.82, 2.24) is 10.2 Å². The summed E-state index contributed by atoms with van der Waals surface area (Å²) in [6.07, 6.45) is 0. The summed E-state index contributed by atoms with van der Waals surface area (Å²) in [7, 11) is 0. The fraction of sp³-hybridized carbons (Fsp3) is 0.318. The molecule has 2 aliphatic heterocycles. The Hall–Kier alpha value is -3.55. The van der Waals surface area contributed by atoms with E-state index < -0.39 is 29.9 Å². The lowest BCUT2D eigenvalue weighted by atomic mass is 10.2. The van der Waals surface area contributed by atoms with Crippen LogP contribution in [0.5, 0.6) is 11.5 Å². The fourth-order valence-electron chi connectivity index (χ4n) is 3.59. The Kier molecular flexibility index (Phi) is 5.07. The van der Waals surface area contributed by atoms with Crippen LogP contribution in [0, 0.1) is 6.92 Å². The number of nitrogens with zero attached hydrogens (tertiary/aromatic N) is 2. The number of amides is 4. The highest BCUT2D eigenvalue weighted by Crippen LogP contribution is 2.32. The van der Waals surface area contributed by atoms with E-state index >= 15 is 0 Å². The highest BCUT2D eigenvalue weighted by molar-refractivity contribution is 6.16. The minimum absolute atomic E-state index is 0.178. The molecule has 1 saturated heterocycles. The van der Waals surface area contributed by atoms with E-state index in [1.807, 2.05) is 25.1 Å². The molecular formula is C22H23N3O5. The molecule has 1 fully saturated rings. The van der Waals surface area contributed by atoms with Crippen molar-refractivity contribution in [2.45, 2.75) is 39.4 Å². The lowest BCUT2D eigenvalue weighted by Gasteiger charge is -2.22. The van der Waals surface area contributed by atoms with Crippen LogP contribution in [0.25, 0.3) is 0 Å². The normalized spacial score (nSPS) is 18.7. The summed E-state index contributed by atoms with van der Waals surface area (Å²) in [6.45, 7) is 5.58. The molecule has 0 radical (unpaired) electrons. The van der Waals surface area contributed by atoms with Gasteiger partial charge in [-0.2, -0.15) is 0 Å². The minimum atomic E-state index is -0.933. The third-order valence-corrected chi connectivity index (χ3v) is 5.38. The smallest absolute Gasteiger partial charge is 0.332 e. The first-order valence-electron chi connectivity index (χ1n) is 9.76. The zero-order valence-corrected chi connectivity index (χ0v) is 17.0. The number of hydrogen-bond acceptors (Lipinski definition) is 5. The lowest BCUT2D eigenvalue weighted by molar-refractivity contribution is -0.135. The Balaban J connectivity index is 1.44. The van der Waals surface area contributed by atoms with Gasteiger partial charge in [0.05, 0.1) is 0 Å². The third-order valence-electron chi connectivity index (χ3n) is 5.38. The van der Waals surface area contributed by atoms with Gasteiger partial charge in [0.2, 0.25) is 12.7 Å². The maximum atomic E-state index is 13.0. The Morgan fingerprint density at radius 2 is 1.83 bits per heavy atom. The number of rotatable bonds is 5. The maximum absolute atomic E-state index is 13.0. The molecule has 2 aliphatic rings. The number of nitrogens with one attached hydrogen (secondary N) is 1. The molecule has 0 saturated carbocycles. The number of benzene rings is 2. The van der Waals surface area contributed by atoms with Gasteiger partial charge in [0.15, 0.2) is 11.5 Å². The number of carbonyl (C=O) groups excluding carboxylic acids is 3. The minimum Gasteiger partial charge on any atom is -0.454 e. The molecule has 2 aromatic rings. The van der Waals surface area contributed by atoms with Crippen LogP contribution in [-0.4, -0.2) is 41.6 Å². The van der Waals surface area contributed by atoms with E-state index in [4.69, 9.17) is 9.47 Å². The van der Waals surface area contributed by atoms with Crippen LogP contribution < -0.4 is 19.7 Å². The van der Waals surface area contributed by atoms with Gasteiger partial charge in [-0.3, -0.25) is 14.5 Å². The molecule has 8 nitrogen and oxygen atoms in total. The summed E-state index contributed by atoms with van der Waals surface area (Å²) in [5.41, 5.74) is 2.51. The molecular weight excluding hydrogens is 386 g/mol. The number of carbonyl (C=O) groups is 3. The van der Waals surface area contributed by atoms with Gasteiger partial charge < -0.3 is 14.8 Å². The molecule has 4 amide bonds. The van der Waals surface area contributed by atoms with Crippen molar-refractivity contribution < 1.29 is 23.9 Å². The quantitative estimate of drug-likeness (QED) is 0.767. The molecule has 0 aromatic heterocycles. The summed E-state index contributed by atoms with van der Waals surface area (Å²) in [4.78, 5) is 40.9. The molecule has 2 atom stereocenters. The average molecular weight is 409 g/mol. The number of hydrogen-bond donors (Lipinski definition) is 1. The van der Waals surface area contributed by atoms with Gasteiger partial charge in [-0.1, -0.05) is 23.8 Å². The average Bonchev–Trinajstić information content (AvgIpc) is 3.29. The first kappa shape index (κ1) is 19.8. The number of fused-ring (bicyclic) bond motifs is 1. The highest BCUT2D eigenvalue weighted by Gasteiger charge is 2.47. The first-order chi connectivity index (χ1) is 14.4. The van der Waals surface area contributed by atoms with E-state index in [1.165, 1.54) is 4.90 Å². The van der Waals surface area contributed by atoms with Gasteiger partial charge in [-0.25, -0.2) is 9.69 Å². The van der Waals surface area contributed by atoms with Crippen LogP contribution in [0.1, 0.15) is 25.0 Å². The van der Waals surface area contributed by atoms with Crippen molar-refractivity contribution in [1.29, 1.82) is 0 Å². The van der Waals surface area contributed by atoms with Gasteiger partial charge in [0, 0.05) is 12.2 Å². The Morgan fingerprint density at radius 1 is 1.13 bits per heavy atom. The Morgan fingerprint density at radius 3 is 2.57 bits per heavy atom. The second kappa shape index (κ2) is 7.70. The number of imide groups is 1. The maximum Gasteiger partial charge on any atom is 0.332 e. The number of anilines is 1. The Labute approximate surface area is 174 Å². The number of ether oxygens (including phenoxy) is 2. The molecule has 2 aromatic carbocycles. The van der Waals surface area contributed by atoms with Crippen molar-refractivity contribution in [2.24, 2.45) is 0 Å². The monoisotopic (exact) mass is 409 g/mol. The summed E-state index contributed by atoms with van der Waals surface area (Å²) in [6, 6.07) is 10.6. The van der Waals surface area contributed by atoms with E-state index in [0.29, 0.717) is 17.2 Å². The zero-order chi connectivity index (χ0) is 21.4. The van der Waals surface area contributed by atoms with Crippen molar-refractivity contribution in [3.63, 3.8) is 0 Å². The second-order valence-corrected chi connectivity index (χ2v) is 7.45. The molecule has 0 bridgehead atoms. The summed E-state index contributed by atoms with van der Waals surface area (Å²) < 4.78 is 10.6. The predicted molar refractivity (Wildman–Crippen MR) is 109 cm³/mol. The predicted octanol–water partition coefficient (Wildman–Crippen LogP) is 2.59. The van der Waals surface area contributed by atoms with Crippen molar-refractivity contribution in [2.75, 3.05) is 11.7 Å². The highest BCUT2D eigenvalue weighted by atomic mass is 16.7. The van der Waals surface area contributed by atoms with Crippen LogP contribution in [0.3, 0.4) is 0 Å². The summed E-state index contributed by atoms with van der Waals surface area (Å²) in [5.74, 6) is 0.484. The van der Waals surface area contributed by atoms with E-state index in [1.54, 1.807) is 38.1 Å². The van der Waals surface area contributed by atoms with Crippen LogP contribution in [0.2, 0.25) is 0 Å². The molecule has 4 rings (SSSR count). The largest absolute Gasteiger partial charge is 0.454 e. The van der Waals surface area contributed by atoms with Crippen LogP contribution >= 0.6 is 0 Å². The topological polar surface area (TPSA) is 88.2 Å². The van der Waals surface area contributed by atoms with E-state index in [9.17, 15) is 14.4 Å². The molecule has 30 heavy (non-hydrogen) atoms. The SMILES string of the molecule is Cc1ccc(N2C(=O)N([C@@H](C)C(=O)NCc3ccc4c(c3)OCO4)C(=O)[C@@H]2C)cc1. The summed E-state index contributed by atoms with van der Waals surface area (Å²) in [5, 5.41) is 2.78. The molecule has 0 unspecified atom stereocenters. The first-order valence-corrected chi connectivity index (χ1v) is 9.76. The van der Waals surface area contributed by atoms with Gasteiger partial charge in [0.25, 0.3) is 5.91 Å². The van der Waals surface area contributed by atoms with E-state index in [-0.39, 0.29) is 13.3 Å². The third kappa shape index (κ3) is 3.45. The second-order valence-electron chi connectivity index (χ2n) is 7.45. The Bertz CT molecular complexity index is 1000. The molecule has 2 heterocycles. The summed E-state index contributed by atoms with van der Waals surface area (Å²) >= 11 is 0. The molecule has 1 N–H and O–H groups in total.